The average Bonchev–Trinajstić information content (AvgIpc) is 2.81. The van der Waals surface area contributed by atoms with E-state index in [0.717, 1.165) is 28.6 Å². The van der Waals surface area contributed by atoms with Crippen LogP contribution >= 0.6 is 15.9 Å². The van der Waals surface area contributed by atoms with Crippen molar-refractivity contribution < 1.29 is 9.90 Å². The van der Waals surface area contributed by atoms with Crippen molar-refractivity contribution in [3.05, 3.63) is 33.8 Å². The second-order valence-electron chi connectivity index (χ2n) is 5.00. The molecule has 2 atom stereocenters. The predicted octanol–water partition coefficient (Wildman–Crippen LogP) is 2.60. The summed E-state index contributed by atoms with van der Waals surface area (Å²) in [6.07, 6.45) is 0.549. The maximum atomic E-state index is 12.3. The van der Waals surface area contributed by atoms with Crippen LogP contribution in [0.5, 0.6) is 0 Å². The normalized spacial score (nSPS) is 21.1. The van der Waals surface area contributed by atoms with Crippen LogP contribution < -0.4 is 0 Å². The van der Waals surface area contributed by atoms with Crippen LogP contribution in [0, 0.1) is 12.8 Å². The number of hydrogen-bond acceptors (Lipinski definition) is 2. The number of benzene rings is 1. The summed E-state index contributed by atoms with van der Waals surface area (Å²) in [4.78, 5) is 14.1. The molecule has 1 aromatic carbocycles. The molecule has 0 saturated carbocycles. The van der Waals surface area contributed by atoms with Gasteiger partial charge in [0.15, 0.2) is 0 Å². The van der Waals surface area contributed by atoms with Crippen molar-refractivity contribution in [3.63, 3.8) is 0 Å². The minimum absolute atomic E-state index is 0.0637. The molecule has 2 unspecified atom stereocenters. The van der Waals surface area contributed by atoms with Crippen LogP contribution in [0.1, 0.15) is 29.3 Å². The Balaban J connectivity index is 2.10. The topological polar surface area (TPSA) is 40.5 Å². The summed E-state index contributed by atoms with van der Waals surface area (Å²) in [6.45, 7) is 5.17. The number of aliphatic hydroxyl groups is 1. The van der Waals surface area contributed by atoms with Gasteiger partial charge in [-0.15, -0.1) is 0 Å². The van der Waals surface area contributed by atoms with Gasteiger partial charge in [-0.1, -0.05) is 15.9 Å². The number of nitrogens with zero attached hydrogens (tertiary/aromatic N) is 1. The monoisotopic (exact) mass is 311 g/mol. The van der Waals surface area contributed by atoms with E-state index in [1.165, 1.54) is 0 Å². The Morgan fingerprint density at radius 2 is 2.28 bits per heavy atom. The van der Waals surface area contributed by atoms with E-state index in [1.54, 1.807) is 6.92 Å². The van der Waals surface area contributed by atoms with E-state index >= 15 is 0 Å². The summed E-state index contributed by atoms with van der Waals surface area (Å²) < 4.78 is 1.02. The van der Waals surface area contributed by atoms with Gasteiger partial charge in [0, 0.05) is 29.0 Å². The number of rotatable bonds is 2. The highest BCUT2D eigenvalue weighted by Crippen LogP contribution is 2.23. The van der Waals surface area contributed by atoms with Gasteiger partial charge in [0.25, 0.3) is 5.91 Å². The zero-order valence-corrected chi connectivity index (χ0v) is 12.3. The third-order valence-electron chi connectivity index (χ3n) is 3.60. The summed E-state index contributed by atoms with van der Waals surface area (Å²) >= 11 is 3.43. The quantitative estimate of drug-likeness (QED) is 0.912. The predicted molar refractivity (Wildman–Crippen MR) is 74.6 cm³/mol. The smallest absolute Gasteiger partial charge is 0.253 e. The fourth-order valence-electron chi connectivity index (χ4n) is 2.33. The fourth-order valence-corrected chi connectivity index (χ4v) is 2.57. The Morgan fingerprint density at radius 3 is 2.83 bits per heavy atom. The molecule has 0 aromatic heterocycles. The lowest BCUT2D eigenvalue weighted by Crippen LogP contribution is -2.30. The first-order valence-electron chi connectivity index (χ1n) is 6.22. The van der Waals surface area contributed by atoms with E-state index in [-0.39, 0.29) is 17.9 Å². The molecule has 1 amide bonds. The summed E-state index contributed by atoms with van der Waals surface area (Å²) in [5.74, 6) is 0.277. The van der Waals surface area contributed by atoms with Gasteiger partial charge in [0.1, 0.15) is 0 Å². The Bertz CT molecular complexity index is 459. The van der Waals surface area contributed by atoms with Gasteiger partial charge in [-0.05, 0) is 44.0 Å². The van der Waals surface area contributed by atoms with E-state index < -0.39 is 0 Å². The molecule has 0 aliphatic carbocycles. The highest BCUT2D eigenvalue weighted by molar-refractivity contribution is 9.10. The highest BCUT2D eigenvalue weighted by atomic mass is 79.9. The largest absolute Gasteiger partial charge is 0.393 e. The lowest BCUT2D eigenvalue weighted by Gasteiger charge is -2.18. The molecule has 2 rings (SSSR count). The van der Waals surface area contributed by atoms with Gasteiger partial charge in [-0.2, -0.15) is 0 Å². The van der Waals surface area contributed by atoms with E-state index in [1.807, 2.05) is 30.0 Å². The summed E-state index contributed by atoms with van der Waals surface area (Å²) in [6, 6.07) is 5.65. The van der Waals surface area contributed by atoms with Crippen LogP contribution in [0.4, 0.5) is 0 Å². The molecule has 4 heteroatoms. The molecule has 1 aliphatic rings. The lowest BCUT2D eigenvalue weighted by molar-refractivity contribution is 0.0762. The molecule has 1 aliphatic heterocycles. The zero-order valence-electron chi connectivity index (χ0n) is 10.7. The van der Waals surface area contributed by atoms with Gasteiger partial charge < -0.3 is 10.0 Å². The Hall–Kier alpha value is -0.870. The van der Waals surface area contributed by atoms with Gasteiger partial charge in [-0.3, -0.25) is 4.79 Å². The Kier molecular flexibility index (Phi) is 4.07. The van der Waals surface area contributed by atoms with Gasteiger partial charge in [0.2, 0.25) is 0 Å². The standard InChI is InChI=1S/C14H18BrNO2/c1-9-7-11(3-4-13(9)15)14(18)16-6-5-12(8-16)10(2)17/h3-4,7,10,12,17H,5-6,8H2,1-2H3. The number of carbonyl (C=O) groups is 1. The molecule has 98 valence electrons. The first kappa shape index (κ1) is 13.6. The molecule has 1 aromatic rings. The van der Waals surface area contributed by atoms with Gasteiger partial charge >= 0.3 is 0 Å². The molecule has 0 radical (unpaired) electrons. The van der Waals surface area contributed by atoms with Crippen molar-refractivity contribution in [2.75, 3.05) is 13.1 Å². The molecular weight excluding hydrogens is 294 g/mol. The van der Waals surface area contributed by atoms with Crippen molar-refractivity contribution in [2.45, 2.75) is 26.4 Å². The first-order chi connectivity index (χ1) is 8.49. The average molecular weight is 312 g/mol. The number of halogens is 1. The second kappa shape index (κ2) is 5.41. The van der Waals surface area contributed by atoms with Crippen LogP contribution in [0.15, 0.2) is 22.7 Å². The van der Waals surface area contributed by atoms with Gasteiger partial charge in [-0.25, -0.2) is 0 Å². The number of amides is 1. The second-order valence-corrected chi connectivity index (χ2v) is 5.86. The molecule has 1 saturated heterocycles. The molecule has 1 N–H and O–H groups in total. The Morgan fingerprint density at radius 1 is 1.56 bits per heavy atom. The first-order valence-corrected chi connectivity index (χ1v) is 7.02. The number of aryl methyl sites for hydroxylation is 1. The number of likely N-dealkylation sites (tertiary alicyclic amines) is 1. The van der Waals surface area contributed by atoms with E-state index in [4.69, 9.17) is 0 Å². The van der Waals surface area contributed by atoms with Crippen LogP contribution in [-0.4, -0.2) is 35.1 Å². The van der Waals surface area contributed by atoms with Crippen LogP contribution in [0.3, 0.4) is 0 Å². The SMILES string of the molecule is Cc1cc(C(=O)N2CCC(C(C)O)C2)ccc1Br. The number of hydrogen-bond donors (Lipinski definition) is 1. The molecule has 1 fully saturated rings. The van der Waals surface area contributed by atoms with E-state index in [9.17, 15) is 9.90 Å². The molecule has 0 bridgehead atoms. The molecule has 0 spiro atoms. The van der Waals surface area contributed by atoms with Crippen molar-refractivity contribution in [1.29, 1.82) is 0 Å². The van der Waals surface area contributed by atoms with Crippen molar-refractivity contribution in [3.8, 4) is 0 Å². The van der Waals surface area contributed by atoms with E-state index in [2.05, 4.69) is 15.9 Å². The van der Waals surface area contributed by atoms with Crippen LogP contribution in [0.25, 0.3) is 0 Å². The molecule has 18 heavy (non-hydrogen) atoms. The van der Waals surface area contributed by atoms with Crippen LogP contribution in [-0.2, 0) is 0 Å². The lowest BCUT2D eigenvalue weighted by atomic mass is 10.0. The minimum Gasteiger partial charge on any atom is -0.393 e. The van der Waals surface area contributed by atoms with Crippen molar-refractivity contribution >= 4 is 21.8 Å². The zero-order chi connectivity index (χ0) is 13.3. The van der Waals surface area contributed by atoms with Crippen LogP contribution in [0.2, 0.25) is 0 Å². The third kappa shape index (κ3) is 2.75. The highest BCUT2D eigenvalue weighted by Gasteiger charge is 2.29. The Labute approximate surface area is 116 Å². The summed E-state index contributed by atoms with van der Waals surface area (Å²) in [5.41, 5.74) is 1.79. The van der Waals surface area contributed by atoms with Crippen molar-refractivity contribution in [1.82, 2.24) is 4.90 Å². The summed E-state index contributed by atoms with van der Waals surface area (Å²) in [7, 11) is 0. The fraction of sp³-hybridized carbons (Fsp3) is 0.500. The summed E-state index contributed by atoms with van der Waals surface area (Å²) in [5, 5.41) is 9.56. The van der Waals surface area contributed by atoms with Crippen molar-refractivity contribution in [2.24, 2.45) is 5.92 Å². The maximum Gasteiger partial charge on any atom is 0.253 e. The van der Waals surface area contributed by atoms with E-state index in [0.29, 0.717) is 6.54 Å². The minimum atomic E-state index is -0.338. The number of carbonyl (C=O) groups excluding carboxylic acids is 1. The van der Waals surface area contributed by atoms with Gasteiger partial charge in [0.05, 0.1) is 6.10 Å². The number of aliphatic hydroxyl groups excluding tert-OH is 1. The maximum absolute atomic E-state index is 12.3. The molecular formula is C14H18BrNO2. The third-order valence-corrected chi connectivity index (χ3v) is 4.49. The molecule has 1 heterocycles. The molecule has 3 nitrogen and oxygen atoms in total.